The van der Waals surface area contributed by atoms with E-state index in [2.05, 4.69) is 62.1 Å². The molecule has 0 bridgehead atoms. The second-order valence-corrected chi connectivity index (χ2v) is 27.1. The maximum atomic E-state index is 12.4. The van der Waals surface area contributed by atoms with Gasteiger partial charge in [0.15, 0.2) is 0 Å². The smallest absolute Gasteiger partial charge is 0.403 e. The Morgan fingerprint density at radius 2 is 0.707 bits per heavy atom. The van der Waals surface area contributed by atoms with E-state index >= 15 is 0 Å². The van der Waals surface area contributed by atoms with E-state index in [0.29, 0.717) is 14.8 Å². The summed E-state index contributed by atoms with van der Waals surface area (Å²) in [6.07, 6.45) is 0. The number of aromatic nitrogens is 8. The summed E-state index contributed by atoms with van der Waals surface area (Å²) in [5.41, 5.74) is -16.8. The van der Waals surface area contributed by atoms with Gasteiger partial charge in [0.25, 0.3) is 41.3 Å². The molecule has 0 fully saturated rings. The van der Waals surface area contributed by atoms with E-state index in [1.807, 2.05) is 36.6 Å². The van der Waals surface area contributed by atoms with Gasteiger partial charge in [-0.15, -0.1) is 54.4 Å². The van der Waals surface area contributed by atoms with Crippen molar-refractivity contribution in [3.8, 4) is 43.8 Å². The normalized spacial score (nSPS) is 11.5. The molecule has 512 valence electrons. The Morgan fingerprint density at radius 3 is 1.02 bits per heavy atom. The van der Waals surface area contributed by atoms with Gasteiger partial charge in [0.2, 0.25) is 5.89 Å². The van der Waals surface area contributed by atoms with E-state index < -0.39 is 45.7 Å². The predicted octanol–water partition coefficient (Wildman–Crippen LogP) is 19.5. The number of hydrogen-bond donors (Lipinski definition) is 4. The SMILES string of the molecule is Cc1ccc(-c2nnc(NC(=O)c3cccc(SC(F)(F)F)c3)o2)s1.O=C(Nc1nnc(-c2ccc(Cl)s2)o1)c1cccc(SC(F)(F)F)c1.O=C(Nc1nnc(-c2ccccc2)o1)c1cccc(SC(F)(F)F)c1.O=C(Nc1nnc(-c2cccs2)o1)c1cccc(SC(F)(F)F)c1. The predicted molar refractivity (Wildman–Crippen MR) is 348 cm³/mol. The van der Waals surface area contributed by atoms with Crippen molar-refractivity contribution in [3.05, 3.63) is 201 Å². The van der Waals surface area contributed by atoms with Gasteiger partial charge in [-0.1, -0.05) is 80.5 Å². The zero-order valence-electron chi connectivity index (χ0n) is 48.8. The van der Waals surface area contributed by atoms with E-state index in [1.54, 1.807) is 42.5 Å². The number of thioether (sulfide) groups is 4. The van der Waals surface area contributed by atoms with Gasteiger partial charge in [-0.05, 0) is 175 Å². The Bertz CT molecular complexity index is 4570. The van der Waals surface area contributed by atoms with Crippen LogP contribution in [0.15, 0.2) is 206 Å². The van der Waals surface area contributed by atoms with Crippen LogP contribution in [0.3, 0.4) is 0 Å². The number of benzene rings is 5. The molecule has 4 N–H and O–H groups in total. The van der Waals surface area contributed by atoms with Gasteiger partial charge in [-0.25, -0.2) is 0 Å². The molecule has 0 saturated carbocycles. The molecule has 7 heterocycles. The lowest BCUT2D eigenvalue weighted by Crippen LogP contribution is -2.12. The van der Waals surface area contributed by atoms with Crippen LogP contribution in [0.2, 0.25) is 4.34 Å². The fourth-order valence-electron chi connectivity index (χ4n) is 7.48. The highest BCUT2D eigenvalue weighted by molar-refractivity contribution is 8.00. The number of hydrogen-bond acceptors (Lipinski definition) is 23. The van der Waals surface area contributed by atoms with Crippen molar-refractivity contribution in [1.82, 2.24) is 40.8 Å². The molecule has 12 aromatic rings. The minimum atomic E-state index is -4.43. The van der Waals surface area contributed by atoms with Crippen molar-refractivity contribution >= 4 is 140 Å². The summed E-state index contributed by atoms with van der Waals surface area (Å²) in [6.45, 7) is 1.93. The van der Waals surface area contributed by atoms with Crippen LogP contribution in [0.4, 0.5) is 76.7 Å². The molecule has 4 amide bonds. The maximum Gasteiger partial charge on any atom is 0.446 e. The first-order valence-corrected chi connectivity index (χ1v) is 33.0. The van der Waals surface area contributed by atoms with Crippen LogP contribution < -0.4 is 21.3 Å². The first-order chi connectivity index (χ1) is 46.9. The number of amides is 4. The van der Waals surface area contributed by atoms with Crippen LogP contribution in [0.25, 0.3) is 43.8 Å². The number of carbonyl (C=O) groups excluding carboxylic acids is 4. The van der Waals surface area contributed by atoms with Crippen molar-refractivity contribution < 1.29 is 89.5 Å². The van der Waals surface area contributed by atoms with E-state index in [0.717, 1.165) is 38.9 Å². The number of thiophene rings is 3. The molecular weight excluding hydrogens is 1490 g/mol. The van der Waals surface area contributed by atoms with Gasteiger partial charge in [0.1, 0.15) is 0 Å². The van der Waals surface area contributed by atoms with E-state index in [4.69, 9.17) is 29.3 Å². The van der Waals surface area contributed by atoms with Gasteiger partial charge >= 0.3 is 46.1 Å². The van der Waals surface area contributed by atoms with Crippen LogP contribution in [-0.2, 0) is 0 Å². The molecule has 99 heavy (non-hydrogen) atoms. The molecule has 7 aromatic heterocycles. The molecular formula is C59H35ClF12N12O8S7. The quantitative estimate of drug-likeness (QED) is 0.0517. The van der Waals surface area contributed by atoms with Gasteiger partial charge < -0.3 is 17.7 Å². The molecule has 12 rings (SSSR count). The average Bonchev–Trinajstić information content (AvgIpc) is 1.79. The molecule has 0 aliphatic rings. The Hall–Kier alpha value is -9.51. The Labute approximate surface area is 581 Å². The molecule has 0 spiro atoms. The summed E-state index contributed by atoms with van der Waals surface area (Å²) in [6, 6.07) is 39.7. The topological polar surface area (TPSA) is 272 Å². The number of halogens is 13. The van der Waals surface area contributed by atoms with Crippen LogP contribution in [0, 0.1) is 6.92 Å². The zero-order chi connectivity index (χ0) is 71.1. The molecule has 0 saturated heterocycles. The van der Waals surface area contributed by atoms with Crippen LogP contribution in [-0.4, -0.2) is 86.5 Å². The van der Waals surface area contributed by atoms with E-state index in [1.165, 1.54) is 107 Å². The fraction of sp³-hybridized carbons (Fsp3) is 0.0847. The summed E-state index contributed by atoms with van der Waals surface area (Å²) in [4.78, 5) is 51.4. The van der Waals surface area contributed by atoms with Gasteiger partial charge in [0.05, 0.1) is 19.0 Å². The highest BCUT2D eigenvalue weighted by Crippen LogP contribution is 2.41. The number of anilines is 4. The van der Waals surface area contributed by atoms with Crippen LogP contribution in [0.5, 0.6) is 0 Å². The third kappa shape index (κ3) is 23.6. The number of nitrogens with zero attached hydrogens (tertiary/aromatic N) is 8. The molecule has 5 aromatic carbocycles. The number of nitrogens with one attached hydrogen (secondary N) is 4. The lowest BCUT2D eigenvalue weighted by Gasteiger charge is -2.07. The van der Waals surface area contributed by atoms with Crippen molar-refractivity contribution in [2.45, 2.75) is 48.5 Å². The molecule has 40 heteroatoms. The third-order valence-electron chi connectivity index (χ3n) is 11.4. The first-order valence-electron chi connectivity index (χ1n) is 26.9. The Kier molecular flexibility index (Phi) is 24.5. The summed E-state index contributed by atoms with van der Waals surface area (Å²) in [5.74, 6) is -1.68. The summed E-state index contributed by atoms with van der Waals surface area (Å²) < 4.78 is 171. The number of alkyl halides is 12. The minimum absolute atomic E-state index is 0.0353. The molecule has 0 aliphatic carbocycles. The van der Waals surface area contributed by atoms with Crippen molar-refractivity contribution in [2.75, 3.05) is 21.3 Å². The van der Waals surface area contributed by atoms with Crippen molar-refractivity contribution in [2.24, 2.45) is 0 Å². The Morgan fingerprint density at radius 1 is 0.374 bits per heavy atom. The second-order valence-electron chi connectivity index (χ2n) is 18.6. The lowest BCUT2D eigenvalue weighted by atomic mass is 10.2. The largest absolute Gasteiger partial charge is 0.446 e. The van der Waals surface area contributed by atoms with Gasteiger partial charge in [0, 0.05) is 52.3 Å². The van der Waals surface area contributed by atoms with Crippen molar-refractivity contribution in [1.29, 1.82) is 0 Å². The van der Waals surface area contributed by atoms with Crippen molar-refractivity contribution in [3.63, 3.8) is 0 Å². The standard InChI is InChI=1S/C16H10F3N3O2S.C15H10F3N3O2S2.C14H7ClF3N3O2S2.C14H8F3N3O2S2/c17-16(18,19)25-12-8-4-7-11(9-12)13(23)20-15-22-21-14(24-15)10-5-2-1-3-6-10;1-8-5-6-11(24-8)13-20-21-14(23-13)19-12(22)9-3-2-4-10(7-9)25-15(16,17)18;15-10-5-4-9(24-10)12-20-21-13(23-12)19-11(22)7-2-1-3-8(6-7)25-14(16,17)18;15-14(16,17)24-9-4-1-3-8(7-9)11(21)18-13-20-19-12(22-13)10-5-2-6-23-10/h1-9H,(H,20,22,23);2-7H,1H3,(H,19,21,22);1-6H,(H,19,21,22);1-7H,(H,18,20,21). The molecule has 20 nitrogen and oxygen atoms in total. The maximum absolute atomic E-state index is 12.4. The second kappa shape index (κ2) is 32.9. The highest BCUT2D eigenvalue weighted by Gasteiger charge is 2.33. The van der Waals surface area contributed by atoms with Gasteiger partial charge in [-0.2, -0.15) is 52.7 Å². The summed E-state index contributed by atoms with van der Waals surface area (Å²) in [7, 11) is 0. The average molecular weight is 1530 g/mol. The minimum Gasteiger partial charge on any atom is -0.403 e. The highest BCUT2D eigenvalue weighted by atomic mass is 35.5. The van der Waals surface area contributed by atoms with E-state index in [-0.39, 0.29) is 137 Å². The monoisotopic (exact) mass is 1530 g/mol. The lowest BCUT2D eigenvalue weighted by molar-refractivity contribution is -0.0337. The molecule has 0 aliphatic heterocycles. The zero-order valence-corrected chi connectivity index (χ0v) is 55.3. The summed E-state index contributed by atoms with van der Waals surface area (Å²) >= 11 is 8.73. The van der Waals surface area contributed by atoms with Crippen LogP contribution in [0.1, 0.15) is 46.3 Å². The number of carbonyl (C=O) groups is 4. The molecule has 0 atom stereocenters. The Balaban J connectivity index is 0.000000154. The number of aryl methyl sites for hydroxylation is 1. The molecule has 0 unspecified atom stereocenters. The number of rotatable bonds is 16. The van der Waals surface area contributed by atoms with Crippen LogP contribution >= 0.6 is 92.7 Å². The third-order valence-corrected chi connectivity index (χ3v) is 17.3. The van der Waals surface area contributed by atoms with E-state index in [9.17, 15) is 71.9 Å². The fourth-order valence-corrected chi connectivity index (χ4v) is 12.3. The first kappa shape index (κ1) is 73.7. The summed E-state index contributed by atoms with van der Waals surface area (Å²) in [5, 5.41) is 41.3. The van der Waals surface area contributed by atoms with Gasteiger partial charge in [-0.3, -0.25) is 40.4 Å². The molecule has 0 radical (unpaired) electrons.